The fourth-order valence-electron chi connectivity index (χ4n) is 1.79. The van der Waals surface area contributed by atoms with E-state index in [0.29, 0.717) is 18.2 Å². The monoisotopic (exact) mass is 269 g/mol. The summed E-state index contributed by atoms with van der Waals surface area (Å²) in [5, 5.41) is 0.656. The first-order valence-corrected chi connectivity index (χ1v) is 6.15. The Labute approximate surface area is 111 Å². The van der Waals surface area contributed by atoms with Gasteiger partial charge in [-0.1, -0.05) is 23.7 Å². The number of rotatable bonds is 3. The van der Waals surface area contributed by atoms with Crippen LogP contribution in [0.1, 0.15) is 12.5 Å². The van der Waals surface area contributed by atoms with E-state index in [0.717, 1.165) is 5.56 Å². The van der Waals surface area contributed by atoms with Crippen molar-refractivity contribution in [2.75, 3.05) is 13.2 Å². The predicted octanol–water partition coefficient (Wildman–Crippen LogP) is 1.75. The molecule has 2 unspecified atom stereocenters. The number of nitrogens with two attached hydrogens (primary N) is 1. The molecule has 2 N–H and O–H groups in total. The molecule has 0 spiro atoms. The van der Waals surface area contributed by atoms with Crippen molar-refractivity contribution in [2.45, 2.75) is 19.6 Å². The van der Waals surface area contributed by atoms with Crippen LogP contribution < -0.4 is 5.73 Å². The van der Waals surface area contributed by atoms with Crippen LogP contribution in [0, 0.1) is 5.41 Å². The van der Waals surface area contributed by atoms with E-state index < -0.39 is 5.41 Å². The van der Waals surface area contributed by atoms with Crippen molar-refractivity contribution in [2.24, 2.45) is 11.1 Å². The van der Waals surface area contributed by atoms with Gasteiger partial charge in [-0.2, -0.15) is 0 Å². The van der Waals surface area contributed by atoms with E-state index in [1.165, 1.54) is 0 Å². The van der Waals surface area contributed by atoms with E-state index in [-0.39, 0.29) is 18.6 Å². The van der Waals surface area contributed by atoms with Crippen molar-refractivity contribution in [1.29, 1.82) is 0 Å². The van der Waals surface area contributed by atoms with Crippen LogP contribution in [0.5, 0.6) is 0 Å². The lowest BCUT2D eigenvalue weighted by molar-refractivity contribution is -0.156. The summed E-state index contributed by atoms with van der Waals surface area (Å²) in [5.41, 5.74) is 6.01. The molecule has 1 aromatic rings. The summed E-state index contributed by atoms with van der Waals surface area (Å²) >= 11 is 5.78. The second kappa shape index (κ2) is 5.26. The second-order valence-corrected chi connectivity index (χ2v) is 5.18. The lowest BCUT2D eigenvalue weighted by atomic mass is 9.86. The maximum atomic E-state index is 12.0. The van der Waals surface area contributed by atoms with Crippen LogP contribution in [0.2, 0.25) is 5.02 Å². The van der Waals surface area contributed by atoms with E-state index >= 15 is 0 Å². The highest BCUT2D eigenvalue weighted by Crippen LogP contribution is 2.28. The SMILES string of the molecule is CC1(C(=O)OCc2ccc(Cl)cc2)COCC1N. The van der Waals surface area contributed by atoms with Gasteiger partial charge in [0, 0.05) is 11.1 Å². The van der Waals surface area contributed by atoms with E-state index in [1.807, 2.05) is 12.1 Å². The van der Waals surface area contributed by atoms with Gasteiger partial charge in [0.05, 0.1) is 13.2 Å². The van der Waals surface area contributed by atoms with Gasteiger partial charge in [0.1, 0.15) is 12.0 Å². The molecule has 0 bridgehead atoms. The third kappa shape index (κ3) is 2.66. The predicted molar refractivity (Wildman–Crippen MR) is 68.1 cm³/mol. The lowest BCUT2D eigenvalue weighted by Crippen LogP contribution is -2.45. The van der Waals surface area contributed by atoms with Crippen molar-refractivity contribution >= 4 is 17.6 Å². The van der Waals surface area contributed by atoms with E-state index in [9.17, 15) is 4.79 Å². The lowest BCUT2D eigenvalue weighted by Gasteiger charge is -2.24. The van der Waals surface area contributed by atoms with Gasteiger partial charge in [-0.15, -0.1) is 0 Å². The topological polar surface area (TPSA) is 61.5 Å². The van der Waals surface area contributed by atoms with Gasteiger partial charge >= 0.3 is 5.97 Å². The number of hydrogen-bond donors (Lipinski definition) is 1. The summed E-state index contributed by atoms with van der Waals surface area (Å²) in [4.78, 5) is 12.0. The van der Waals surface area contributed by atoms with Crippen LogP contribution in [-0.2, 0) is 20.9 Å². The Morgan fingerprint density at radius 1 is 1.56 bits per heavy atom. The van der Waals surface area contributed by atoms with Crippen molar-refractivity contribution in [1.82, 2.24) is 0 Å². The Morgan fingerprint density at radius 2 is 2.22 bits per heavy atom. The molecule has 18 heavy (non-hydrogen) atoms. The Balaban J connectivity index is 1.94. The molecule has 2 rings (SSSR count). The first-order valence-electron chi connectivity index (χ1n) is 5.77. The van der Waals surface area contributed by atoms with Crippen molar-refractivity contribution in [3.8, 4) is 0 Å². The molecular weight excluding hydrogens is 254 g/mol. The summed E-state index contributed by atoms with van der Waals surface area (Å²) in [7, 11) is 0. The number of esters is 1. The van der Waals surface area contributed by atoms with Crippen molar-refractivity contribution in [3.05, 3.63) is 34.9 Å². The van der Waals surface area contributed by atoms with Gasteiger partial charge in [-0.25, -0.2) is 0 Å². The highest BCUT2D eigenvalue weighted by atomic mass is 35.5. The summed E-state index contributed by atoms with van der Waals surface area (Å²) in [6.45, 7) is 2.70. The van der Waals surface area contributed by atoms with Crippen LogP contribution >= 0.6 is 11.6 Å². The number of hydrogen-bond acceptors (Lipinski definition) is 4. The molecule has 98 valence electrons. The standard InChI is InChI=1S/C13H16ClNO3/c1-13(8-17-7-11(13)15)12(16)18-6-9-2-4-10(14)5-3-9/h2-5,11H,6-8,15H2,1H3. The molecular formula is C13H16ClNO3. The maximum absolute atomic E-state index is 12.0. The minimum atomic E-state index is -0.744. The molecule has 5 heteroatoms. The smallest absolute Gasteiger partial charge is 0.316 e. The number of halogens is 1. The number of ether oxygens (including phenoxy) is 2. The van der Waals surface area contributed by atoms with Gasteiger partial charge in [0.15, 0.2) is 0 Å². The molecule has 1 aliphatic heterocycles. The fourth-order valence-corrected chi connectivity index (χ4v) is 1.92. The molecule has 1 fully saturated rings. The van der Waals surface area contributed by atoms with Crippen LogP contribution in [0.25, 0.3) is 0 Å². The normalized spacial score (nSPS) is 27.2. The minimum absolute atomic E-state index is 0.221. The zero-order valence-corrected chi connectivity index (χ0v) is 10.9. The Bertz CT molecular complexity index is 434. The summed E-state index contributed by atoms with van der Waals surface area (Å²) in [5.74, 6) is -0.317. The number of carbonyl (C=O) groups excluding carboxylic acids is 1. The Morgan fingerprint density at radius 3 is 2.78 bits per heavy atom. The molecule has 1 aromatic carbocycles. The maximum Gasteiger partial charge on any atom is 0.316 e. The van der Waals surface area contributed by atoms with Gasteiger partial charge in [-0.3, -0.25) is 4.79 Å². The van der Waals surface area contributed by atoms with E-state index in [4.69, 9.17) is 26.8 Å². The zero-order valence-electron chi connectivity index (χ0n) is 10.2. The molecule has 1 heterocycles. The van der Waals surface area contributed by atoms with Gasteiger partial charge in [-0.05, 0) is 24.6 Å². The molecule has 1 aliphatic rings. The number of carbonyl (C=O) groups is 1. The summed E-state index contributed by atoms with van der Waals surface area (Å²) in [6.07, 6.45) is 0. The average Bonchev–Trinajstić information content (AvgIpc) is 2.70. The molecule has 0 aliphatic carbocycles. The van der Waals surface area contributed by atoms with Crippen LogP contribution in [-0.4, -0.2) is 25.2 Å². The summed E-state index contributed by atoms with van der Waals surface area (Å²) < 4.78 is 10.5. The quantitative estimate of drug-likeness (QED) is 0.849. The highest BCUT2D eigenvalue weighted by Gasteiger charge is 2.45. The van der Waals surface area contributed by atoms with Crippen LogP contribution in [0.15, 0.2) is 24.3 Å². The molecule has 2 atom stereocenters. The number of benzene rings is 1. The Hall–Kier alpha value is -1.10. The minimum Gasteiger partial charge on any atom is -0.460 e. The largest absolute Gasteiger partial charge is 0.460 e. The van der Waals surface area contributed by atoms with Gasteiger partial charge in [0.2, 0.25) is 0 Å². The van der Waals surface area contributed by atoms with E-state index in [1.54, 1.807) is 19.1 Å². The van der Waals surface area contributed by atoms with Crippen LogP contribution in [0.4, 0.5) is 0 Å². The van der Waals surface area contributed by atoms with Crippen molar-refractivity contribution < 1.29 is 14.3 Å². The molecule has 1 saturated heterocycles. The van der Waals surface area contributed by atoms with Crippen LogP contribution in [0.3, 0.4) is 0 Å². The molecule has 0 aromatic heterocycles. The average molecular weight is 270 g/mol. The Kier molecular flexibility index (Phi) is 3.90. The van der Waals surface area contributed by atoms with Gasteiger partial charge < -0.3 is 15.2 Å². The molecule has 0 saturated carbocycles. The van der Waals surface area contributed by atoms with Gasteiger partial charge in [0.25, 0.3) is 0 Å². The summed E-state index contributed by atoms with van der Waals surface area (Å²) in [6, 6.07) is 6.86. The zero-order chi connectivity index (χ0) is 13.2. The second-order valence-electron chi connectivity index (χ2n) is 4.74. The third-order valence-electron chi connectivity index (χ3n) is 3.27. The van der Waals surface area contributed by atoms with E-state index in [2.05, 4.69) is 0 Å². The van der Waals surface area contributed by atoms with Crippen molar-refractivity contribution in [3.63, 3.8) is 0 Å². The first-order chi connectivity index (χ1) is 8.52. The third-order valence-corrected chi connectivity index (χ3v) is 3.52. The fraction of sp³-hybridized carbons (Fsp3) is 0.462. The highest BCUT2D eigenvalue weighted by molar-refractivity contribution is 6.30. The first kappa shape index (κ1) is 13.3. The molecule has 0 radical (unpaired) electrons. The molecule has 4 nitrogen and oxygen atoms in total. The molecule has 0 amide bonds.